The lowest BCUT2D eigenvalue weighted by molar-refractivity contribution is -0.870. The highest BCUT2D eigenvalue weighted by Gasteiger charge is 2.23. The number of carbonyl (C=O) groups excluding carboxylic acids is 1. The van der Waals surface area contributed by atoms with Crippen LogP contribution in [0.4, 0.5) is 0 Å². The molecule has 0 aromatic heterocycles. The number of phosphoric acid groups is 1. The molecule has 1 amide bonds. The van der Waals surface area contributed by atoms with Crippen molar-refractivity contribution in [1.82, 2.24) is 5.32 Å². The summed E-state index contributed by atoms with van der Waals surface area (Å²) < 4.78 is 23.3. The molecule has 0 heterocycles. The number of allylic oxidation sites excluding steroid dienone is 17. The van der Waals surface area contributed by atoms with Gasteiger partial charge in [-0.15, -0.1) is 0 Å². The predicted molar refractivity (Wildman–Crippen MR) is 288 cm³/mol. The van der Waals surface area contributed by atoms with E-state index in [0.29, 0.717) is 17.4 Å². The number of aliphatic hydroxyl groups excluding tert-OH is 1. The number of hydrogen-bond acceptors (Lipinski definition) is 6. The minimum absolute atomic E-state index is 0.0154. The van der Waals surface area contributed by atoms with Crippen LogP contribution in [0.15, 0.2) is 109 Å². The van der Waals surface area contributed by atoms with Crippen molar-refractivity contribution in [3.05, 3.63) is 109 Å². The van der Waals surface area contributed by atoms with Crippen LogP contribution >= 0.6 is 7.82 Å². The maximum absolute atomic E-state index is 12.9. The lowest BCUT2D eigenvalue weighted by Crippen LogP contribution is -2.45. The van der Waals surface area contributed by atoms with E-state index in [-0.39, 0.29) is 12.5 Å². The zero-order valence-electron chi connectivity index (χ0n) is 43.6. The second-order valence-electron chi connectivity index (χ2n) is 18.8. The third kappa shape index (κ3) is 50.9. The van der Waals surface area contributed by atoms with Crippen LogP contribution in [0.2, 0.25) is 0 Å². The van der Waals surface area contributed by atoms with E-state index in [1.165, 1.54) is 89.9 Å². The van der Waals surface area contributed by atoms with E-state index in [1.807, 2.05) is 27.2 Å². The molecule has 67 heavy (non-hydrogen) atoms. The summed E-state index contributed by atoms with van der Waals surface area (Å²) in [5.74, 6) is -0.222. The number of phosphoric ester groups is 1. The number of nitrogens with one attached hydrogen (secondary N) is 1. The topological polar surface area (TPSA) is 108 Å². The zero-order chi connectivity index (χ0) is 49.2. The van der Waals surface area contributed by atoms with Crippen molar-refractivity contribution < 1.29 is 32.9 Å². The number of nitrogens with zero attached hydrogens (tertiary/aromatic N) is 1. The number of hydrogen-bond donors (Lipinski definition) is 2. The van der Waals surface area contributed by atoms with Crippen molar-refractivity contribution >= 4 is 13.7 Å². The Labute approximate surface area is 412 Å². The van der Waals surface area contributed by atoms with Crippen molar-refractivity contribution in [1.29, 1.82) is 0 Å². The molecule has 0 aliphatic heterocycles. The highest BCUT2D eigenvalue weighted by molar-refractivity contribution is 7.45. The third-order valence-corrected chi connectivity index (χ3v) is 12.2. The molecule has 0 aliphatic rings. The molecule has 2 N–H and O–H groups in total. The number of carbonyl (C=O) groups is 1. The zero-order valence-corrected chi connectivity index (χ0v) is 44.5. The summed E-state index contributed by atoms with van der Waals surface area (Å²) in [5, 5.41) is 13.8. The molecule has 3 unspecified atom stereocenters. The Bertz CT molecular complexity index is 1450. The van der Waals surface area contributed by atoms with Gasteiger partial charge < -0.3 is 28.8 Å². The maximum Gasteiger partial charge on any atom is 0.268 e. The Balaban J connectivity index is 4.30. The molecule has 0 aromatic rings. The van der Waals surface area contributed by atoms with E-state index < -0.39 is 26.6 Å². The van der Waals surface area contributed by atoms with Crippen LogP contribution in [0, 0.1) is 0 Å². The first kappa shape index (κ1) is 64.2. The van der Waals surface area contributed by atoms with Crippen molar-refractivity contribution in [3.63, 3.8) is 0 Å². The first-order valence-corrected chi connectivity index (χ1v) is 28.2. The van der Waals surface area contributed by atoms with Crippen molar-refractivity contribution in [2.75, 3.05) is 40.9 Å². The second kappa shape index (κ2) is 48.2. The number of amides is 1. The summed E-state index contributed by atoms with van der Waals surface area (Å²) in [6.07, 6.45) is 70.1. The summed E-state index contributed by atoms with van der Waals surface area (Å²) in [5.41, 5.74) is 0. The van der Waals surface area contributed by atoms with Gasteiger partial charge in [0.15, 0.2) is 0 Å². The summed E-state index contributed by atoms with van der Waals surface area (Å²) in [6.45, 7) is 4.47. The average Bonchev–Trinajstić information content (AvgIpc) is 3.29. The molecule has 384 valence electrons. The Kier molecular flexibility index (Phi) is 46.2. The van der Waals surface area contributed by atoms with Gasteiger partial charge in [0.1, 0.15) is 13.2 Å². The number of likely N-dealkylation sites (N-methyl/N-ethyl adjacent to an activating group) is 1. The highest BCUT2D eigenvalue weighted by atomic mass is 31.2. The fourth-order valence-electron chi connectivity index (χ4n) is 7.01. The minimum atomic E-state index is -4.61. The Morgan fingerprint density at radius 2 is 0.925 bits per heavy atom. The fraction of sp³-hybridized carbons (Fsp3) is 0.672. The van der Waals surface area contributed by atoms with Crippen LogP contribution in [-0.2, 0) is 18.4 Å². The number of rotatable bonds is 47. The van der Waals surface area contributed by atoms with Gasteiger partial charge in [-0.1, -0.05) is 207 Å². The number of aliphatic hydroxyl groups is 1. The standard InChI is InChI=1S/C58H101N2O6P/c1-6-8-10-12-14-16-18-20-22-24-25-26-27-28-29-30-31-32-33-34-35-36-38-40-42-44-46-48-50-52-58(62)59-56(55-66-67(63,64)65-54-53-60(3,4)5)57(61)51-49-47-45-43-41-39-37-23-21-19-17-15-13-11-9-7-2/h8,10,14,16,20-23,25-26,28-29,31-32,41,43,49,51,56-57,61H,6-7,9,11-13,15,17-19,24,27,30,33-40,42,44-48,50,52-55H2,1-5H3,(H-,59,62,63,64)/b10-8-,16-14-,22-20-,23-21+,26-25-,29-28-,32-31-,43-41+,51-49+. The van der Waals surface area contributed by atoms with Crippen LogP contribution in [0.3, 0.4) is 0 Å². The summed E-state index contributed by atoms with van der Waals surface area (Å²) in [7, 11) is 1.22. The van der Waals surface area contributed by atoms with Crippen LogP contribution in [0.25, 0.3) is 0 Å². The molecule has 9 heteroatoms. The van der Waals surface area contributed by atoms with E-state index in [1.54, 1.807) is 6.08 Å². The minimum Gasteiger partial charge on any atom is -0.756 e. The molecular weight excluding hydrogens is 852 g/mol. The van der Waals surface area contributed by atoms with Crippen molar-refractivity contribution in [2.24, 2.45) is 0 Å². The van der Waals surface area contributed by atoms with E-state index in [0.717, 1.165) is 89.9 Å². The van der Waals surface area contributed by atoms with Gasteiger partial charge in [-0.2, -0.15) is 0 Å². The van der Waals surface area contributed by atoms with Gasteiger partial charge in [-0.05, 0) is 96.3 Å². The van der Waals surface area contributed by atoms with Gasteiger partial charge in [0.2, 0.25) is 5.91 Å². The molecule has 0 bridgehead atoms. The van der Waals surface area contributed by atoms with Gasteiger partial charge in [0.05, 0.1) is 39.9 Å². The Morgan fingerprint density at radius 1 is 0.537 bits per heavy atom. The molecule has 0 saturated heterocycles. The Morgan fingerprint density at radius 3 is 1.39 bits per heavy atom. The molecule has 0 aromatic carbocycles. The fourth-order valence-corrected chi connectivity index (χ4v) is 7.73. The summed E-state index contributed by atoms with van der Waals surface area (Å²) >= 11 is 0. The quantitative estimate of drug-likeness (QED) is 0.0272. The first-order chi connectivity index (χ1) is 32.5. The molecule has 0 rings (SSSR count). The molecule has 8 nitrogen and oxygen atoms in total. The lowest BCUT2D eigenvalue weighted by Gasteiger charge is -2.29. The maximum atomic E-state index is 12.9. The van der Waals surface area contributed by atoms with Gasteiger partial charge in [0, 0.05) is 6.42 Å². The Hall–Kier alpha value is -2.84. The van der Waals surface area contributed by atoms with Crippen LogP contribution in [0.5, 0.6) is 0 Å². The highest BCUT2D eigenvalue weighted by Crippen LogP contribution is 2.38. The van der Waals surface area contributed by atoms with Gasteiger partial charge >= 0.3 is 0 Å². The molecule has 0 spiro atoms. The average molecular weight is 953 g/mol. The molecular formula is C58H101N2O6P. The van der Waals surface area contributed by atoms with Crippen LogP contribution in [-0.4, -0.2) is 68.5 Å². The van der Waals surface area contributed by atoms with Crippen molar-refractivity contribution in [2.45, 2.75) is 212 Å². The molecule has 0 radical (unpaired) electrons. The van der Waals surface area contributed by atoms with Crippen molar-refractivity contribution in [3.8, 4) is 0 Å². The monoisotopic (exact) mass is 953 g/mol. The molecule has 0 fully saturated rings. The number of unbranched alkanes of at least 4 members (excludes halogenated alkanes) is 18. The molecule has 0 aliphatic carbocycles. The lowest BCUT2D eigenvalue weighted by atomic mass is 10.0. The smallest absolute Gasteiger partial charge is 0.268 e. The van der Waals surface area contributed by atoms with E-state index >= 15 is 0 Å². The van der Waals surface area contributed by atoms with Gasteiger partial charge in [0.25, 0.3) is 7.82 Å². The summed E-state index contributed by atoms with van der Waals surface area (Å²) in [6, 6.07) is -0.919. The van der Waals surface area contributed by atoms with E-state index in [4.69, 9.17) is 9.05 Å². The van der Waals surface area contributed by atoms with Crippen LogP contribution in [0.1, 0.15) is 200 Å². The largest absolute Gasteiger partial charge is 0.756 e. The van der Waals surface area contributed by atoms with E-state index in [2.05, 4.69) is 116 Å². The first-order valence-electron chi connectivity index (χ1n) is 26.7. The third-order valence-electron chi connectivity index (χ3n) is 11.2. The predicted octanol–water partition coefficient (Wildman–Crippen LogP) is 15.4. The molecule has 0 saturated carbocycles. The van der Waals surface area contributed by atoms with Gasteiger partial charge in [-0.25, -0.2) is 0 Å². The molecule has 3 atom stereocenters. The summed E-state index contributed by atoms with van der Waals surface area (Å²) in [4.78, 5) is 25.4. The second-order valence-corrected chi connectivity index (χ2v) is 20.2. The number of quaternary nitrogens is 1. The van der Waals surface area contributed by atoms with E-state index in [9.17, 15) is 19.4 Å². The van der Waals surface area contributed by atoms with Gasteiger partial charge in [-0.3, -0.25) is 9.36 Å². The SMILES string of the molecule is CC/C=C\C/C=C\C/C=C\C/C=C\C/C=C\C/C=C\CCCCCCCCCCCCC(=O)NC(COP(=O)([O-])OCC[N+](C)(C)C)C(O)/C=C/CC/C=C/CC/C=C/CCCCCCCC. The normalized spacial score (nSPS) is 14.9. The van der Waals surface area contributed by atoms with Crippen LogP contribution < -0.4 is 10.2 Å².